The Hall–Kier alpha value is -1.19. The summed E-state index contributed by atoms with van der Waals surface area (Å²) < 4.78 is 12.0. The molecule has 0 aliphatic carbocycles. The topological polar surface area (TPSA) is 99.4 Å². The SMILES string of the molecule is CCOc1ccc(Cc2cc([C@H]3OC(CO)[C@@H](O)[C@H](O)[C@H]3O)ccc2Cl)cc1Br. The minimum atomic E-state index is -1.42. The average Bonchev–Trinajstić information content (AvgIpc) is 2.70. The van der Waals surface area contributed by atoms with Gasteiger partial charge in [-0.05, 0) is 64.2 Å². The Labute approximate surface area is 182 Å². The molecule has 0 amide bonds. The molecule has 1 fully saturated rings. The second kappa shape index (κ2) is 9.75. The zero-order chi connectivity index (χ0) is 21.1. The Morgan fingerprint density at radius 3 is 2.48 bits per heavy atom. The van der Waals surface area contributed by atoms with Crippen LogP contribution in [0.4, 0.5) is 0 Å². The molecule has 3 rings (SSSR count). The molecule has 0 saturated carbocycles. The van der Waals surface area contributed by atoms with E-state index in [1.54, 1.807) is 18.2 Å². The van der Waals surface area contributed by atoms with Gasteiger partial charge in [-0.1, -0.05) is 29.8 Å². The fraction of sp³-hybridized carbons (Fsp3) is 0.429. The number of hydrogen-bond donors (Lipinski definition) is 4. The first-order valence-corrected chi connectivity index (χ1v) is 10.5. The van der Waals surface area contributed by atoms with Crippen molar-refractivity contribution in [2.45, 2.75) is 43.9 Å². The monoisotopic (exact) mass is 486 g/mol. The lowest BCUT2D eigenvalue weighted by Gasteiger charge is -2.40. The van der Waals surface area contributed by atoms with Crippen LogP contribution in [-0.4, -0.2) is 58.1 Å². The first-order valence-electron chi connectivity index (χ1n) is 9.35. The molecule has 2 aromatic carbocycles. The van der Waals surface area contributed by atoms with Gasteiger partial charge >= 0.3 is 0 Å². The van der Waals surface area contributed by atoms with Gasteiger partial charge in [-0.3, -0.25) is 0 Å². The summed E-state index contributed by atoms with van der Waals surface area (Å²) in [5, 5.41) is 40.4. The van der Waals surface area contributed by atoms with Crippen LogP contribution in [0, 0.1) is 0 Å². The molecule has 6 nitrogen and oxygen atoms in total. The first-order chi connectivity index (χ1) is 13.8. The van der Waals surface area contributed by atoms with Gasteiger partial charge in [-0.2, -0.15) is 0 Å². The van der Waals surface area contributed by atoms with E-state index in [0.29, 0.717) is 23.6 Å². The standard InChI is InChI=1S/C21H24BrClO6/c1-2-28-16-6-3-11(8-14(16)22)7-13-9-12(4-5-15(13)23)21-20(27)19(26)18(25)17(10-24)29-21/h3-6,8-9,17-21,24-27H,2,7,10H2,1H3/t17?,18-,19+,20-,21-/m1/s1. The summed E-state index contributed by atoms with van der Waals surface area (Å²) in [5.41, 5.74) is 2.43. The third-order valence-corrected chi connectivity index (χ3v) is 5.97. The minimum absolute atomic E-state index is 0.470. The first kappa shape index (κ1) is 22.5. The van der Waals surface area contributed by atoms with E-state index >= 15 is 0 Å². The van der Waals surface area contributed by atoms with Gasteiger partial charge in [-0.25, -0.2) is 0 Å². The highest BCUT2D eigenvalue weighted by Gasteiger charge is 2.44. The number of benzene rings is 2. The number of halogens is 2. The van der Waals surface area contributed by atoms with Gasteiger partial charge in [0.25, 0.3) is 0 Å². The highest BCUT2D eigenvalue weighted by atomic mass is 79.9. The van der Waals surface area contributed by atoms with Gasteiger partial charge < -0.3 is 29.9 Å². The summed E-state index contributed by atoms with van der Waals surface area (Å²) in [6.45, 7) is 2.03. The summed E-state index contributed by atoms with van der Waals surface area (Å²) in [7, 11) is 0. The third-order valence-electron chi connectivity index (χ3n) is 4.98. The van der Waals surface area contributed by atoms with Crippen LogP contribution in [-0.2, 0) is 11.2 Å². The Kier molecular flexibility index (Phi) is 7.56. The molecule has 2 aromatic rings. The Morgan fingerprint density at radius 2 is 1.83 bits per heavy atom. The molecule has 0 radical (unpaired) electrons. The van der Waals surface area contributed by atoms with Gasteiger partial charge in [0, 0.05) is 5.02 Å². The molecule has 0 spiro atoms. The van der Waals surface area contributed by atoms with Crippen molar-refractivity contribution in [1.29, 1.82) is 0 Å². The Bertz CT molecular complexity index is 846. The summed E-state index contributed by atoms with van der Waals surface area (Å²) >= 11 is 9.89. The van der Waals surface area contributed by atoms with Gasteiger partial charge in [-0.15, -0.1) is 0 Å². The van der Waals surface area contributed by atoms with Crippen LogP contribution in [0.5, 0.6) is 5.75 Å². The van der Waals surface area contributed by atoms with Crippen LogP contribution in [0.25, 0.3) is 0 Å². The lowest BCUT2D eigenvalue weighted by Crippen LogP contribution is -2.55. The summed E-state index contributed by atoms with van der Waals surface area (Å²) in [6, 6.07) is 11.0. The number of aliphatic hydroxyl groups excluding tert-OH is 4. The van der Waals surface area contributed by atoms with E-state index in [1.165, 1.54) is 0 Å². The van der Waals surface area contributed by atoms with Gasteiger partial charge in [0.15, 0.2) is 0 Å². The van der Waals surface area contributed by atoms with E-state index in [-0.39, 0.29) is 0 Å². The number of aliphatic hydroxyl groups is 4. The van der Waals surface area contributed by atoms with Crippen molar-refractivity contribution in [2.24, 2.45) is 0 Å². The summed E-state index contributed by atoms with van der Waals surface area (Å²) in [4.78, 5) is 0. The maximum absolute atomic E-state index is 10.4. The van der Waals surface area contributed by atoms with Crippen molar-refractivity contribution < 1.29 is 29.9 Å². The predicted molar refractivity (Wildman–Crippen MR) is 112 cm³/mol. The molecule has 29 heavy (non-hydrogen) atoms. The van der Waals surface area contributed by atoms with Gasteiger partial charge in [0.2, 0.25) is 0 Å². The van der Waals surface area contributed by atoms with Crippen molar-refractivity contribution in [3.63, 3.8) is 0 Å². The second-order valence-corrected chi connectivity index (χ2v) is 8.24. The molecule has 0 aromatic heterocycles. The molecule has 1 unspecified atom stereocenters. The molecule has 0 bridgehead atoms. The van der Waals surface area contributed by atoms with E-state index in [4.69, 9.17) is 21.1 Å². The van der Waals surface area contributed by atoms with E-state index in [2.05, 4.69) is 15.9 Å². The van der Waals surface area contributed by atoms with Crippen molar-refractivity contribution in [3.05, 3.63) is 62.6 Å². The lowest BCUT2D eigenvalue weighted by molar-refractivity contribution is -0.231. The highest BCUT2D eigenvalue weighted by Crippen LogP contribution is 2.35. The minimum Gasteiger partial charge on any atom is -0.493 e. The number of rotatable bonds is 6. The number of hydrogen-bond acceptors (Lipinski definition) is 6. The molecule has 1 aliphatic rings. The second-order valence-electron chi connectivity index (χ2n) is 6.97. The molecule has 1 heterocycles. The van der Waals surface area contributed by atoms with Crippen molar-refractivity contribution in [3.8, 4) is 5.75 Å². The maximum Gasteiger partial charge on any atom is 0.133 e. The molecular weight excluding hydrogens is 464 g/mol. The molecule has 158 valence electrons. The number of ether oxygens (including phenoxy) is 2. The lowest BCUT2D eigenvalue weighted by atomic mass is 9.90. The average molecular weight is 488 g/mol. The van der Waals surface area contributed by atoms with E-state index in [0.717, 1.165) is 21.3 Å². The van der Waals surface area contributed by atoms with E-state index in [1.807, 2.05) is 25.1 Å². The van der Waals surface area contributed by atoms with Crippen LogP contribution in [0.1, 0.15) is 29.7 Å². The summed E-state index contributed by atoms with van der Waals surface area (Å²) in [5.74, 6) is 0.761. The molecular formula is C21H24BrClO6. The van der Waals surface area contributed by atoms with E-state index in [9.17, 15) is 20.4 Å². The fourth-order valence-electron chi connectivity index (χ4n) is 3.43. The maximum atomic E-state index is 10.4. The van der Waals surface area contributed by atoms with Crippen LogP contribution in [0.3, 0.4) is 0 Å². The Balaban J connectivity index is 1.85. The quantitative estimate of drug-likeness (QED) is 0.500. The van der Waals surface area contributed by atoms with Crippen LogP contribution >= 0.6 is 27.5 Å². The van der Waals surface area contributed by atoms with E-state index < -0.39 is 37.1 Å². The van der Waals surface area contributed by atoms with Crippen LogP contribution in [0.15, 0.2) is 40.9 Å². The normalized spacial score (nSPS) is 27.1. The van der Waals surface area contributed by atoms with Crippen molar-refractivity contribution in [1.82, 2.24) is 0 Å². The van der Waals surface area contributed by atoms with Crippen molar-refractivity contribution >= 4 is 27.5 Å². The van der Waals surface area contributed by atoms with Gasteiger partial charge in [0.05, 0.1) is 17.7 Å². The highest BCUT2D eigenvalue weighted by molar-refractivity contribution is 9.10. The Morgan fingerprint density at radius 1 is 1.07 bits per heavy atom. The van der Waals surface area contributed by atoms with Gasteiger partial charge in [0.1, 0.15) is 36.3 Å². The van der Waals surface area contributed by atoms with Crippen LogP contribution < -0.4 is 4.74 Å². The smallest absolute Gasteiger partial charge is 0.133 e. The fourth-order valence-corrected chi connectivity index (χ4v) is 4.16. The third kappa shape index (κ3) is 4.94. The zero-order valence-electron chi connectivity index (χ0n) is 15.8. The zero-order valence-corrected chi connectivity index (χ0v) is 18.2. The molecule has 4 N–H and O–H groups in total. The molecule has 1 saturated heterocycles. The predicted octanol–water partition coefficient (Wildman–Crippen LogP) is 2.61. The molecule has 5 atom stereocenters. The van der Waals surface area contributed by atoms with Crippen LogP contribution in [0.2, 0.25) is 5.02 Å². The molecule has 8 heteroatoms. The molecule has 1 aliphatic heterocycles. The summed E-state index contributed by atoms with van der Waals surface area (Å²) in [6.07, 6.45) is -5.46. The van der Waals surface area contributed by atoms with Crippen molar-refractivity contribution in [2.75, 3.05) is 13.2 Å². The largest absolute Gasteiger partial charge is 0.493 e.